The number of carboxylic acids is 1. The number of amides is 4. The Labute approximate surface area is 234 Å². The van der Waals surface area contributed by atoms with Gasteiger partial charge in [0.15, 0.2) is 0 Å². The van der Waals surface area contributed by atoms with Gasteiger partial charge in [0, 0.05) is 45.1 Å². The molecule has 3 fully saturated rings. The fraction of sp³-hybridized carbons (Fsp3) is 0.621. The lowest BCUT2D eigenvalue weighted by Gasteiger charge is -2.34. The van der Waals surface area contributed by atoms with Crippen molar-refractivity contribution in [2.24, 2.45) is 17.8 Å². The summed E-state index contributed by atoms with van der Waals surface area (Å²) in [7, 11) is 0. The predicted molar refractivity (Wildman–Crippen MR) is 145 cm³/mol. The van der Waals surface area contributed by atoms with Gasteiger partial charge in [-0.15, -0.1) is 0 Å². The van der Waals surface area contributed by atoms with Crippen LogP contribution in [0, 0.1) is 17.8 Å². The maximum Gasteiger partial charge on any atom is 0.410 e. The summed E-state index contributed by atoms with van der Waals surface area (Å²) in [6.45, 7) is 2.19. The summed E-state index contributed by atoms with van der Waals surface area (Å²) in [5, 5.41) is 14.5. The fourth-order valence-corrected chi connectivity index (χ4v) is 5.30. The lowest BCUT2D eigenvalue weighted by Crippen LogP contribution is -2.51. The van der Waals surface area contributed by atoms with Crippen LogP contribution in [0.1, 0.15) is 56.9 Å². The van der Waals surface area contributed by atoms with E-state index in [1.54, 1.807) is 9.80 Å². The van der Waals surface area contributed by atoms with Gasteiger partial charge in [0.2, 0.25) is 17.7 Å². The molecule has 0 bridgehead atoms. The molecule has 2 atom stereocenters. The zero-order chi connectivity index (χ0) is 28.5. The SMILES string of the molecule is O=C(N[C@@H](CNC(=O)[C@@H]1CCCN(C(=O)CCC2CCN(C(=O)OCc3ccccc3)CC2)C1)C(=O)O)C1CC1. The van der Waals surface area contributed by atoms with Crippen LogP contribution >= 0.6 is 0 Å². The Kier molecular flexibility index (Phi) is 10.4. The van der Waals surface area contributed by atoms with Crippen molar-refractivity contribution in [3.8, 4) is 0 Å². The van der Waals surface area contributed by atoms with Gasteiger partial charge >= 0.3 is 12.1 Å². The Balaban J connectivity index is 1.13. The molecule has 0 aromatic heterocycles. The molecule has 40 heavy (non-hydrogen) atoms. The van der Waals surface area contributed by atoms with E-state index in [2.05, 4.69) is 10.6 Å². The second-order valence-corrected chi connectivity index (χ2v) is 11.1. The molecule has 0 radical (unpaired) electrons. The lowest BCUT2D eigenvalue weighted by atomic mass is 9.91. The van der Waals surface area contributed by atoms with Crippen molar-refractivity contribution in [1.29, 1.82) is 0 Å². The first kappa shape index (κ1) is 29.4. The van der Waals surface area contributed by atoms with Crippen LogP contribution in [0.15, 0.2) is 30.3 Å². The number of carbonyl (C=O) groups is 5. The predicted octanol–water partition coefficient (Wildman–Crippen LogP) is 2.15. The average Bonchev–Trinajstić information content (AvgIpc) is 3.83. The third-order valence-corrected chi connectivity index (χ3v) is 8.03. The Morgan fingerprint density at radius 3 is 2.30 bits per heavy atom. The maximum atomic E-state index is 12.9. The number of hydrogen-bond donors (Lipinski definition) is 3. The molecule has 0 spiro atoms. The Morgan fingerprint density at radius 1 is 0.900 bits per heavy atom. The molecule has 3 aliphatic rings. The second-order valence-electron chi connectivity index (χ2n) is 11.1. The van der Waals surface area contributed by atoms with Gasteiger partial charge in [0.1, 0.15) is 12.6 Å². The van der Waals surface area contributed by atoms with E-state index >= 15 is 0 Å². The minimum atomic E-state index is -1.19. The number of nitrogens with one attached hydrogen (secondary N) is 2. The van der Waals surface area contributed by atoms with E-state index in [0.717, 1.165) is 37.7 Å². The van der Waals surface area contributed by atoms with Crippen molar-refractivity contribution in [1.82, 2.24) is 20.4 Å². The van der Waals surface area contributed by atoms with Crippen LogP contribution in [0.4, 0.5) is 4.79 Å². The molecule has 1 aromatic rings. The number of hydrogen-bond acceptors (Lipinski definition) is 6. The molecule has 4 rings (SSSR count). The molecular weight excluding hydrogens is 516 g/mol. The molecule has 1 aromatic carbocycles. The van der Waals surface area contributed by atoms with Crippen molar-refractivity contribution >= 4 is 29.8 Å². The van der Waals surface area contributed by atoms with Crippen LogP contribution in [0.25, 0.3) is 0 Å². The van der Waals surface area contributed by atoms with E-state index in [4.69, 9.17) is 4.74 Å². The molecular formula is C29H40N4O7. The topological polar surface area (TPSA) is 145 Å². The Hall–Kier alpha value is -3.63. The summed E-state index contributed by atoms with van der Waals surface area (Å²) in [4.78, 5) is 65.0. The van der Waals surface area contributed by atoms with E-state index in [1.165, 1.54) is 0 Å². The number of nitrogens with zero attached hydrogens (tertiary/aromatic N) is 2. The van der Waals surface area contributed by atoms with Crippen molar-refractivity contribution < 1.29 is 33.8 Å². The minimum Gasteiger partial charge on any atom is -0.480 e. The molecule has 2 aliphatic heterocycles. The van der Waals surface area contributed by atoms with Gasteiger partial charge in [0.25, 0.3) is 0 Å². The van der Waals surface area contributed by atoms with Gasteiger partial charge in [-0.05, 0) is 56.4 Å². The maximum absolute atomic E-state index is 12.9. The summed E-state index contributed by atoms with van der Waals surface area (Å²) in [6, 6.07) is 8.39. The molecule has 1 aliphatic carbocycles. The normalized spacial score (nSPS) is 20.4. The molecule has 0 unspecified atom stereocenters. The van der Waals surface area contributed by atoms with Gasteiger partial charge in [-0.2, -0.15) is 0 Å². The Morgan fingerprint density at radius 2 is 1.62 bits per heavy atom. The lowest BCUT2D eigenvalue weighted by molar-refractivity contribution is -0.142. The van der Waals surface area contributed by atoms with Crippen LogP contribution in [-0.4, -0.2) is 83.5 Å². The molecule has 2 heterocycles. The highest BCUT2D eigenvalue weighted by atomic mass is 16.6. The van der Waals surface area contributed by atoms with Gasteiger partial charge < -0.3 is 30.3 Å². The van der Waals surface area contributed by atoms with Gasteiger partial charge in [-0.25, -0.2) is 9.59 Å². The third kappa shape index (κ3) is 8.69. The average molecular weight is 557 g/mol. The van der Waals surface area contributed by atoms with E-state index in [-0.39, 0.29) is 42.9 Å². The summed E-state index contributed by atoms with van der Waals surface area (Å²) in [5.74, 6) is -1.93. The highest BCUT2D eigenvalue weighted by molar-refractivity contribution is 5.87. The number of carboxylic acid groups (broad SMARTS) is 1. The van der Waals surface area contributed by atoms with E-state index in [9.17, 15) is 29.1 Å². The van der Waals surface area contributed by atoms with Crippen LogP contribution in [0.2, 0.25) is 0 Å². The standard InChI is InChI=1S/C29H40N4O7/c34-25(11-8-20-12-15-32(16-13-20)29(39)40-19-21-5-2-1-3-6-21)33-14-4-7-23(18-33)26(35)30-17-24(28(37)38)31-27(36)22-9-10-22/h1-3,5-6,20,22-24H,4,7-19H2,(H,30,35)(H,31,36)(H,37,38)/t23-,24+/m1/s1. The number of piperidine rings is 2. The second kappa shape index (κ2) is 14.1. The number of rotatable bonds is 11. The monoisotopic (exact) mass is 556 g/mol. The van der Waals surface area contributed by atoms with E-state index in [0.29, 0.717) is 51.4 Å². The first-order chi connectivity index (χ1) is 19.3. The summed E-state index contributed by atoms with van der Waals surface area (Å²) in [6.07, 6.45) is 5.32. The molecule has 2 saturated heterocycles. The number of aliphatic carboxylic acids is 1. The number of benzene rings is 1. The van der Waals surface area contributed by atoms with Gasteiger partial charge in [0.05, 0.1) is 5.92 Å². The zero-order valence-corrected chi connectivity index (χ0v) is 22.9. The first-order valence-electron chi connectivity index (χ1n) is 14.3. The summed E-state index contributed by atoms with van der Waals surface area (Å²) in [5.41, 5.74) is 0.948. The highest BCUT2D eigenvalue weighted by Gasteiger charge is 2.34. The van der Waals surface area contributed by atoms with Crippen LogP contribution in [0.3, 0.4) is 0 Å². The number of ether oxygens (including phenoxy) is 1. The number of likely N-dealkylation sites (tertiary alicyclic amines) is 2. The highest BCUT2D eigenvalue weighted by Crippen LogP contribution is 2.29. The Bertz CT molecular complexity index is 1050. The van der Waals surface area contributed by atoms with Crippen molar-refractivity contribution in [3.05, 3.63) is 35.9 Å². The number of carbonyl (C=O) groups excluding carboxylic acids is 4. The molecule has 1 saturated carbocycles. The zero-order valence-electron chi connectivity index (χ0n) is 22.9. The van der Waals surface area contributed by atoms with Crippen molar-refractivity contribution in [3.63, 3.8) is 0 Å². The van der Waals surface area contributed by atoms with Crippen LogP contribution in [-0.2, 0) is 30.5 Å². The third-order valence-electron chi connectivity index (χ3n) is 8.03. The molecule has 11 nitrogen and oxygen atoms in total. The van der Waals surface area contributed by atoms with E-state index < -0.39 is 17.9 Å². The van der Waals surface area contributed by atoms with Crippen LogP contribution in [0.5, 0.6) is 0 Å². The molecule has 4 amide bonds. The van der Waals surface area contributed by atoms with Crippen molar-refractivity contribution in [2.75, 3.05) is 32.7 Å². The summed E-state index contributed by atoms with van der Waals surface area (Å²) < 4.78 is 5.43. The largest absolute Gasteiger partial charge is 0.480 e. The minimum absolute atomic E-state index is 0.0160. The first-order valence-corrected chi connectivity index (χ1v) is 14.3. The quantitative estimate of drug-likeness (QED) is 0.379. The molecule has 3 N–H and O–H groups in total. The smallest absolute Gasteiger partial charge is 0.410 e. The molecule has 218 valence electrons. The van der Waals surface area contributed by atoms with Crippen molar-refractivity contribution in [2.45, 2.75) is 64.0 Å². The van der Waals surface area contributed by atoms with Crippen LogP contribution < -0.4 is 10.6 Å². The summed E-state index contributed by atoms with van der Waals surface area (Å²) >= 11 is 0. The van der Waals surface area contributed by atoms with Gasteiger partial charge in [-0.3, -0.25) is 14.4 Å². The molecule has 11 heteroatoms. The van der Waals surface area contributed by atoms with Gasteiger partial charge in [-0.1, -0.05) is 30.3 Å². The fourth-order valence-electron chi connectivity index (χ4n) is 5.30. The van der Waals surface area contributed by atoms with E-state index in [1.807, 2.05) is 30.3 Å².